The van der Waals surface area contributed by atoms with Gasteiger partial charge in [-0.3, -0.25) is 0 Å². The van der Waals surface area contributed by atoms with Crippen LogP contribution in [0.3, 0.4) is 0 Å². The van der Waals surface area contributed by atoms with Crippen molar-refractivity contribution in [3.63, 3.8) is 0 Å². The van der Waals surface area contributed by atoms with Crippen molar-refractivity contribution in [1.29, 1.82) is 0 Å². The Morgan fingerprint density at radius 1 is 1.05 bits per heavy atom. The van der Waals surface area contributed by atoms with Crippen LogP contribution in [0, 0.1) is 0 Å². The molecule has 0 aromatic heterocycles. The molecule has 0 saturated carbocycles. The van der Waals surface area contributed by atoms with Crippen LogP contribution in [0.4, 0.5) is 0 Å². The van der Waals surface area contributed by atoms with Gasteiger partial charge in [0, 0.05) is 21.1 Å². The van der Waals surface area contributed by atoms with Gasteiger partial charge in [0.25, 0.3) is 0 Å². The van der Waals surface area contributed by atoms with Crippen molar-refractivity contribution in [2.45, 2.75) is 20.1 Å². The molecule has 0 bridgehead atoms. The molecule has 2 nitrogen and oxygen atoms in total. The second kappa shape index (κ2) is 7.81. The molecule has 0 aliphatic carbocycles. The normalized spacial score (nSPS) is 10.6. The van der Waals surface area contributed by atoms with E-state index in [4.69, 9.17) is 4.74 Å². The Labute approximate surface area is 136 Å². The lowest BCUT2D eigenvalue weighted by molar-refractivity contribution is 0.302. The predicted octanol–water partition coefficient (Wildman–Crippen LogP) is 4.90. The molecule has 1 N–H and O–H groups in total. The fourth-order valence-corrected chi connectivity index (χ4v) is 2.73. The third-order valence-corrected chi connectivity index (χ3v) is 3.86. The van der Waals surface area contributed by atoms with Crippen LogP contribution in [0.15, 0.2) is 51.4 Å². The van der Waals surface area contributed by atoms with Crippen molar-refractivity contribution in [3.05, 3.63) is 62.5 Å². The van der Waals surface area contributed by atoms with Crippen molar-refractivity contribution in [1.82, 2.24) is 5.32 Å². The zero-order valence-corrected chi connectivity index (χ0v) is 14.5. The van der Waals surface area contributed by atoms with Crippen molar-refractivity contribution in [3.8, 4) is 5.75 Å². The van der Waals surface area contributed by atoms with Crippen molar-refractivity contribution < 1.29 is 4.74 Å². The van der Waals surface area contributed by atoms with E-state index in [2.05, 4.69) is 62.3 Å². The van der Waals surface area contributed by atoms with Gasteiger partial charge in [0.15, 0.2) is 0 Å². The quantitative estimate of drug-likeness (QED) is 0.747. The second-order valence-electron chi connectivity index (χ2n) is 4.45. The molecule has 2 aromatic rings. The molecule has 20 heavy (non-hydrogen) atoms. The van der Waals surface area contributed by atoms with E-state index in [1.54, 1.807) is 0 Å². The first kappa shape index (κ1) is 15.5. The molecule has 106 valence electrons. The van der Waals surface area contributed by atoms with E-state index in [1.807, 2.05) is 24.3 Å². The summed E-state index contributed by atoms with van der Waals surface area (Å²) in [6, 6.07) is 14.3. The first-order valence-corrected chi connectivity index (χ1v) is 8.14. The second-order valence-corrected chi connectivity index (χ2v) is 6.28. The summed E-state index contributed by atoms with van der Waals surface area (Å²) < 4.78 is 8.09. The summed E-state index contributed by atoms with van der Waals surface area (Å²) in [5.41, 5.74) is 2.31. The lowest BCUT2D eigenvalue weighted by Crippen LogP contribution is -2.13. The number of halogens is 2. The minimum Gasteiger partial charge on any atom is -0.489 e. The SMILES string of the molecule is CCNCc1cc(Br)ccc1OCc1cccc(Br)c1. The van der Waals surface area contributed by atoms with E-state index in [1.165, 1.54) is 0 Å². The number of benzene rings is 2. The van der Waals surface area contributed by atoms with E-state index in [0.717, 1.165) is 38.9 Å². The number of rotatable bonds is 6. The van der Waals surface area contributed by atoms with Crippen molar-refractivity contribution >= 4 is 31.9 Å². The maximum absolute atomic E-state index is 5.95. The number of ether oxygens (including phenoxy) is 1. The summed E-state index contributed by atoms with van der Waals surface area (Å²) in [6.07, 6.45) is 0. The first-order valence-electron chi connectivity index (χ1n) is 6.55. The van der Waals surface area contributed by atoms with Crippen molar-refractivity contribution in [2.24, 2.45) is 0 Å². The molecule has 2 rings (SSSR count). The fourth-order valence-electron chi connectivity index (χ4n) is 1.87. The summed E-state index contributed by atoms with van der Waals surface area (Å²) in [6.45, 7) is 4.42. The van der Waals surface area contributed by atoms with E-state index in [0.29, 0.717) is 6.61 Å². The Hall–Kier alpha value is -0.840. The molecule has 0 aliphatic heterocycles. The number of hydrogen-bond donors (Lipinski definition) is 1. The minimum absolute atomic E-state index is 0.570. The maximum atomic E-state index is 5.95. The van der Waals surface area contributed by atoms with Gasteiger partial charge in [-0.05, 0) is 42.4 Å². The highest BCUT2D eigenvalue weighted by molar-refractivity contribution is 9.10. The zero-order chi connectivity index (χ0) is 14.4. The topological polar surface area (TPSA) is 21.3 Å². The van der Waals surface area contributed by atoms with Crippen LogP contribution >= 0.6 is 31.9 Å². The summed E-state index contributed by atoms with van der Waals surface area (Å²) in [7, 11) is 0. The summed E-state index contributed by atoms with van der Waals surface area (Å²) in [4.78, 5) is 0. The molecule has 0 atom stereocenters. The fraction of sp³-hybridized carbons (Fsp3) is 0.250. The van der Waals surface area contributed by atoms with Crippen LogP contribution in [0.1, 0.15) is 18.1 Å². The van der Waals surface area contributed by atoms with Crippen molar-refractivity contribution in [2.75, 3.05) is 6.54 Å². The molecule has 0 fully saturated rings. The molecule has 0 radical (unpaired) electrons. The molecule has 0 saturated heterocycles. The zero-order valence-electron chi connectivity index (χ0n) is 11.3. The predicted molar refractivity (Wildman–Crippen MR) is 90.0 cm³/mol. The Bertz CT molecular complexity index is 572. The summed E-state index contributed by atoms with van der Waals surface area (Å²) >= 11 is 6.98. The van der Waals surface area contributed by atoms with Crippen LogP contribution in [0.25, 0.3) is 0 Å². The molecule has 2 aromatic carbocycles. The average Bonchev–Trinajstić information content (AvgIpc) is 2.44. The summed E-state index contributed by atoms with van der Waals surface area (Å²) in [5.74, 6) is 0.925. The molecular formula is C16H17Br2NO. The molecule has 0 heterocycles. The highest BCUT2D eigenvalue weighted by Crippen LogP contribution is 2.24. The van der Waals surface area contributed by atoms with Gasteiger partial charge in [-0.25, -0.2) is 0 Å². The van der Waals surface area contributed by atoms with Gasteiger partial charge in [-0.2, -0.15) is 0 Å². The van der Waals surface area contributed by atoms with E-state index >= 15 is 0 Å². The third kappa shape index (κ3) is 4.62. The molecule has 0 aliphatic rings. The molecular weight excluding hydrogens is 382 g/mol. The van der Waals surface area contributed by atoms with Crippen LogP contribution in [-0.2, 0) is 13.2 Å². The lowest BCUT2D eigenvalue weighted by Gasteiger charge is -2.12. The smallest absolute Gasteiger partial charge is 0.124 e. The molecule has 4 heteroatoms. The maximum Gasteiger partial charge on any atom is 0.124 e. The van der Waals surface area contributed by atoms with Crippen LogP contribution < -0.4 is 10.1 Å². The number of nitrogens with one attached hydrogen (secondary N) is 1. The van der Waals surface area contributed by atoms with E-state index in [9.17, 15) is 0 Å². The van der Waals surface area contributed by atoms with E-state index in [-0.39, 0.29) is 0 Å². The average molecular weight is 399 g/mol. The Morgan fingerprint density at radius 2 is 1.85 bits per heavy atom. The monoisotopic (exact) mass is 397 g/mol. The molecule has 0 amide bonds. The highest BCUT2D eigenvalue weighted by atomic mass is 79.9. The standard InChI is InChI=1S/C16H17Br2NO/c1-2-19-10-13-9-15(18)6-7-16(13)20-11-12-4-3-5-14(17)8-12/h3-9,19H,2,10-11H2,1H3. The van der Waals surface area contributed by atoms with Gasteiger partial charge in [-0.15, -0.1) is 0 Å². The molecule has 0 spiro atoms. The van der Waals surface area contributed by atoms with Gasteiger partial charge in [0.2, 0.25) is 0 Å². The van der Waals surface area contributed by atoms with E-state index < -0.39 is 0 Å². The van der Waals surface area contributed by atoms with Gasteiger partial charge >= 0.3 is 0 Å². The van der Waals surface area contributed by atoms with Gasteiger partial charge in [0.1, 0.15) is 12.4 Å². The number of hydrogen-bond acceptors (Lipinski definition) is 2. The van der Waals surface area contributed by atoms with Gasteiger partial charge in [0.05, 0.1) is 0 Å². The van der Waals surface area contributed by atoms with Crippen LogP contribution in [0.2, 0.25) is 0 Å². The van der Waals surface area contributed by atoms with Gasteiger partial charge < -0.3 is 10.1 Å². The van der Waals surface area contributed by atoms with Gasteiger partial charge in [-0.1, -0.05) is 50.9 Å². The largest absolute Gasteiger partial charge is 0.489 e. The van der Waals surface area contributed by atoms with Crippen LogP contribution in [0.5, 0.6) is 5.75 Å². The lowest BCUT2D eigenvalue weighted by atomic mass is 10.2. The van der Waals surface area contributed by atoms with Crippen LogP contribution in [-0.4, -0.2) is 6.54 Å². The highest BCUT2D eigenvalue weighted by Gasteiger charge is 2.05. The third-order valence-electron chi connectivity index (χ3n) is 2.87. The Kier molecular flexibility index (Phi) is 6.07. The Balaban J connectivity index is 2.08. The minimum atomic E-state index is 0.570. The first-order chi connectivity index (χ1) is 9.69. The summed E-state index contributed by atoms with van der Waals surface area (Å²) in [5, 5.41) is 3.33. The molecule has 0 unspecified atom stereocenters. The Morgan fingerprint density at radius 3 is 2.60 bits per heavy atom.